The molecule has 31 heavy (non-hydrogen) atoms. The standard InChI is InChI=1S/C21H27FN6O2S/c22-18-5-1-3-16(11-18)12-27-6-2-4-17(13-27)20(30)28-9-7-26(8-10-28)14-19(29)24-21-25-23-15-31-21/h1,3,5,11,15,17H,2,4,6-10,12-14H2,(H,24,25,29). The first-order chi connectivity index (χ1) is 15.1. The zero-order valence-corrected chi connectivity index (χ0v) is 18.2. The molecule has 0 aliphatic carbocycles. The van der Waals surface area contributed by atoms with Gasteiger partial charge in [-0.15, -0.1) is 10.2 Å². The van der Waals surface area contributed by atoms with Gasteiger partial charge in [0.1, 0.15) is 11.3 Å². The maximum atomic E-state index is 13.5. The molecule has 4 rings (SSSR count). The van der Waals surface area contributed by atoms with E-state index in [9.17, 15) is 14.0 Å². The number of piperidine rings is 1. The summed E-state index contributed by atoms with van der Waals surface area (Å²) in [5, 5.41) is 10.8. The van der Waals surface area contributed by atoms with Crippen molar-refractivity contribution in [3.8, 4) is 0 Å². The topological polar surface area (TPSA) is 81.7 Å². The number of nitrogens with zero attached hydrogens (tertiary/aromatic N) is 5. The molecule has 2 saturated heterocycles. The Morgan fingerprint density at radius 1 is 1.16 bits per heavy atom. The Labute approximate surface area is 185 Å². The van der Waals surface area contributed by atoms with E-state index in [-0.39, 0.29) is 30.1 Å². The number of nitrogens with one attached hydrogen (secondary N) is 1. The lowest BCUT2D eigenvalue weighted by Crippen LogP contribution is -2.53. The minimum atomic E-state index is -0.225. The van der Waals surface area contributed by atoms with E-state index in [1.807, 2.05) is 11.0 Å². The summed E-state index contributed by atoms with van der Waals surface area (Å²) in [5.74, 6) is -0.162. The molecular weight excluding hydrogens is 419 g/mol. The summed E-state index contributed by atoms with van der Waals surface area (Å²) in [7, 11) is 0. The van der Waals surface area contributed by atoms with Crippen molar-refractivity contribution in [3.05, 3.63) is 41.2 Å². The predicted molar refractivity (Wildman–Crippen MR) is 116 cm³/mol. The van der Waals surface area contributed by atoms with Gasteiger partial charge >= 0.3 is 0 Å². The van der Waals surface area contributed by atoms with E-state index >= 15 is 0 Å². The van der Waals surface area contributed by atoms with Crippen LogP contribution < -0.4 is 5.32 Å². The highest BCUT2D eigenvalue weighted by Gasteiger charge is 2.31. The van der Waals surface area contributed by atoms with Crippen LogP contribution >= 0.6 is 11.3 Å². The highest BCUT2D eigenvalue weighted by molar-refractivity contribution is 7.13. The summed E-state index contributed by atoms with van der Waals surface area (Å²) in [6.45, 7) is 5.20. The van der Waals surface area contributed by atoms with Crippen LogP contribution in [0.2, 0.25) is 0 Å². The molecule has 1 aromatic carbocycles. The predicted octanol–water partition coefficient (Wildman–Crippen LogP) is 1.67. The second kappa shape index (κ2) is 10.3. The SMILES string of the molecule is O=C(CN1CCN(C(=O)C2CCCN(Cc3cccc(F)c3)C2)CC1)Nc1nncs1. The van der Waals surface area contributed by atoms with Crippen LogP contribution in [0.4, 0.5) is 9.52 Å². The number of halogens is 1. The van der Waals surface area contributed by atoms with E-state index in [1.54, 1.807) is 17.6 Å². The third kappa shape index (κ3) is 6.05. The van der Waals surface area contributed by atoms with Gasteiger partial charge in [0, 0.05) is 39.3 Å². The molecule has 166 valence electrons. The molecule has 0 radical (unpaired) electrons. The zero-order valence-electron chi connectivity index (χ0n) is 17.4. The van der Waals surface area contributed by atoms with Crippen molar-refractivity contribution >= 4 is 28.3 Å². The third-order valence-corrected chi connectivity index (χ3v) is 6.41. The van der Waals surface area contributed by atoms with E-state index in [4.69, 9.17) is 0 Å². The maximum absolute atomic E-state index is 13.5. The summed E-state index contributed by atoms with van der Waals surface area (Å²) in [4.78, 5) is 31.4. The first-order valence-corrected chi connectivity index (χ1v) is 11.5. The summed E-state index contributed by atoms with van der Waals surface area (Å²) in [5.41, 5.74) is 2.51. The van der Waals surface area contributed by atoms with E-state index in [1.165, 1.54) is 17.4 Å². The van der Waals surface area contributed by atoms with Gasteiger partial charge < -0.3 is 4.90 Å². The molecule has 8 nitrogen and oxygen atoms in total. The molecule has 0 spiro atoms. The van der Waals surface area contributed by atoms with E-state index in [0.29, 0.717) is 44.4 Å². The van der Waals surface area contributed by atoms with Crippen molar-refractivity contribution in [2.24, 2.45) is 5.92 Å². The van der Waals surface area contributed by atoms with Crippen LogP contribution in [0.25, 0.3) is 0 Å². The first-order valence-electron chi connectivity index (χ1n) is 10.6. The lowest BCUT2D eigenvalue weighted by atomic mass is 9.95. The van der Waals surface area contributed by atoms with Gasteiger partial charge in [0.05, 0.1) is 12.5 Å². The van der Waals surface area contributed by atoms with Gasteiger partial charge in [0.15, 0.2) is 0 Å². The summed E-state index contributed by atoms with van der Waals surface area (Å²) >= 11 is 1.29. The highest BCUT2D eigenvalue weighted by Crippen LogP contribution is 2.22. The van der Waals surface area contributed by atoms with Crippen molar-refractivity contribution < 1.29 is 14.0 Å². The normalized spacial score (nSPS) is 20.5. The van der Waals surface area contributed by atoms with Crippen LogP contribution in [0.1, 0.15) is 18.4 Å². The number of carbonyl (C=O) groups is 2. The number of rotatable bonds is 6. The number of hydrogen-bond donors (Lipinski definition) is 1. The third-order valence-electron chi connectivity index (χ3n) is 5.81. The van der Waals surface area contributed by atoms with Crippen LogP contribution in [0.5, 0.6) is 0 Å². The van der Waals surface area contributed by atoms with Gasteiger partial charge in [-0.25, -0.2) is 4.39 Å². The lowest BCUT2D eigenvalue weighted by molar-refractivity contribution is -0.139. The fraction of sp³-hybridized carbons (Fsp3) is 0.524. The Morgan fingerprint density at radius 3 is 2.74 bits per heavy atom. The van der Waals surface area contributed by atoms with Gasteiger partial charge in [-0.05, 0) is 37.1 Å². The Balaban J connectivity index is 1.23. The maximum Gasteiger partial charge on any atom is 0.240 e. The summed E-state index contributed by atoms with van der Waals surface area (Å²) < 4.78 is 13.5. The van der Waals surface area contributed by atoms with Gasteiger partial charge in [0.2, 0.25) is 16.9 Å². The lowest BCUT2D eigenvalue weighted by Gasteiger charge is -2.38. The van der Waals surface area contributed by atoms with Crippen molar-refractivity contribution in [3.63, 3.8) is 0 Å². The molecule has 0 saturated carbocycles. The molecule has 1 N–H and O–H groups in total. The monoisotopic (exact) mass is 446 g/mol. The molecule has 2 fully saturated rings. The number of anilines is 1. The fourth-order valence-corrected chi connectivity index (χ4v) is 4.73. The Kier molecular flexibility index (Phi) is 7.21. The molecule has 2 amide bonds. The number of amides is 2. The molecule has 2 aliphatic rings. The Hall–Kier alpha value is -2.43. The molecule has 3 heterocycles. The van der Waals surface area contributed by atoms with Crippen LogP contribution in [0.15, 0.2) is 29.8 Å². The van der Waals surface area contributed by atoms with Gasteiger partial charge in [-0.3, -0.25) is 24.7 Å². The van der Waals surface area contributed by atoms with Crippen LogP contribution in [-0.4, -0.2) is 82.5 Å². The summed E-state index contributed by atoms with van der Waals surface area (Å²) in [6, 6.07) is 6.66. The van der Waals surface area contributed by atoms with E-state index in [2.05, 4.69) is 25.3 Å². The fourth-order valence-electron chi connectivity index (χ4n) is 4.27. The van der Waals surface area contributed by atoms with E-state index < -0.39 is 0 Å². The molecule has 1 unspecified atom stereocenters. The molecule has 1 aromatic heterocycles. The molecule has 2 aliphatic heterocycles. The average molecular weight is 447 g/mol. The Morgan fingerprint density at radius 2 is 2.00 bits per heavy atom. The molecular formula is C21H27FN6O2S. The van der Waals surface area contributed by atoms with Crippen molar-refractivity contribution in [1.29, 1.82) is 0 Å². The van der Waals surface area contributed by atoms with Gasteiger partial charge in [-0.1, -0.05) is 23.5 Å². The molecule has 10 heteroatoms. The smallest absolute Gasteiger partial charge is 0.240 e. The van der Waals surface area contributed by atoms with Crippen LogP contribution in [0, 0.1) is 11.7 Å². The minimum absolute atomic E-state index is 0.0189. The van der Waals surface area contributed by atoms with Crippen molar-refractivity contribution in [1.82, 2.24) is 24.9 Å². The quantitative estimate of drug-likeness (QED) is 0.727. The highest BCUT2D eigenvalue weighted by atomic mass is 32.1. The van der Waals surface area contributed by atoms with Crippen LogP contribution in [-0.2, 0) is 16.1 Å². The number of hydrogen-bond acceptors (Lipinski definition) is 7. The van der Waals surface area contributed by atoms with Gasteiger partial charge in [0.25, 0.3) is 0 Å². The van der Waals surface area contributed by atoms with Gasteiger partial charge in [-0.2, -0.15) is 0 Å². The number of carbonyl (C=O) groups excluding carboxylic acids is 2. The van der Waals surface area contributed by atoms with Crippen LogP contribution in [0.3, 0.4) is 0 Å². The molecule has 0 bridgehead atoms. The number of aromatic nitrogens is 2. The minimum Gasteiger partial charge on any atom is -0.340 e. The average Bonchev–Trinajstić information content (AvgIpc) is 3.27. The van der Waals surface area contributed by atoms with Crippen molar-refractivity contribution in [2.75, 3.05) is 51.1 Å². The molecule has 1 atom stereocenters. The largest absolute Gasteiger partial charge is 0.340 e. The second-order valence-electron chi connectivity index (χ2n) is 8.10. The summed E-state index contributed by atoms with van der Waals surface area (Å²) in [6.07, 6.45) is 1.86. The Bertz CT molecular complexity index is 888. The van der Waals surface area contributed by atoms with E-state index in [0.717, 1.165) is 24.9 Å². The number of piperazine rings is 1. The second-order valence-corrected chi connectivity index (χ2v) is 8.93. The first kappa shape index (κ1) is 21.8. The number of likely N-dealkylation sites (tertiary alicyclic amines) is 1. The zero-order chi connectivity index (χ0) is 21.6. The molecule has 2 aromatic rings. The van der Waals surface area contributed by atoms with Crippen molar-refractivity contribution in [2.45, 2.75) is 19.4 Å². The number of benzene rings is 1.